The normalized spacial score (nSPS) is 15.0. The molecule has 0 spiro atoms. The molecule has 0 aromatic heterocycles. The smallest absolute Gasteiger partial charge is 0.0547 e. The van der Waals surface area contributed by atoms with Crippen LogP contribution < -0.4 is 5.32 Å². The van der Waals surface area contributed by atoms with Crippen molar-refractivity contribution in [2.24, 2.45) is 0 Å². The molecule has 0 amide bonds. The van der Waals surface area contributed by atoms with Gasteiger partial charge in [0, 0.05) is 12.6 Å². The van der Waals surface area contributed by atoms with Crippen LogP contribution in [0.5, 0.6) is 0 Å². The second-order valence-electron chi connectivity index (χ2n) is 4.86. The first-order valence-corrected chi connectivity index (χ1v) is 6.99. The fourth-order valence-corrected chi connectivity index (χ4v) is 1.76. The zero-order valence-corrected chi connectivity index (χ0v) is 11.7. The minimum absolute atomic E-state index is 0.446. The molecule has 98 valence electrons. The predicted octanol–water partition coefficient (Wildman–Crippen LogP) is 3.75. The summed E-state index contributed by atoms with van der Waals surface area (Å²) in [5, 5.41) is 3.25. The lowest BCUT2D eigenvalue weighted by Gasteiger charge is -2.14. The molecule has 0 aliphatic carbocycles. The highest BCUT2D eigenvalue weighted by molar-refractivity contribution is 4.57. The summed E-state index contributed by atoms with van der Waals surface area (Å²) in [5.41, 5.74) is 0. The van der Waals surface area contributed by atoms with Crippen molar-refractivity contribution >= 4 is 0 Å². The number of ether oxygens (including phenoxy) is 1. The number of hydrogen-bond acceptors (Lipinski definition) is 2. The average Bonchev–Trinajstić information content (AvgIpc) is 2.30. The maximum absolute atomic E-state index is 5.79. The van der Waals surface area contributed by atoms with Crippen molar-refractivity contribution in [3.8, 4) is 0 Å². The van der Waals surface area contributed by atoms with Gasteiger partial charge in [-0.25, -0.2) is 0 Å². The van der Waals surface area contributed by atoms with Crippen LogP contribution in [0.25, 0.3) is 0 Å². The maximum Gasteiger partial charge on any atom is 0.0547 e. The minimum Gasteiger partial charge on any atom is -0.379 e. The first-order chi connectivity index (χ1) is 7.70. The van der Waals surface area contributed by atoms with Gasteiger partial charge in [0.05, 0.1) is 6.10 Å². The molecule has 2 heteroatoms. The maximum atomic E-state index is 5.79. The Bertz CT molecular complexity index is 139. The van der Waals surface area contributed by atoms with Gasteiger partial charge in [-0.2, -0.15) is 0 Å². The highest BCUT2D eigenvalue weighted by atomic mass is 16.5. The fourth-order valence-electron chi connectivity index (χ4n) is 1.76. The Morgan fingerprint density at radius 3 is 2.38 bits per heavy atom. The van der Waals surface area contributed by atoms with Gasteiger partial charge < -0.3 is 10.1 Å². The van der Waals surface area contributed by atoms with Crippen LogP contribution in [0, 0.1) is 0 Å². The molecular weight excluding hydrogens is 198 g/mol. The van der Waals surface area contributed by atoms with Gasteiger partial charge >= 0.3 is 0 Å². The third kappa shape index (κ3) is 10.4. The molecule has 0 aromatic carbocycles. The first kappa shape index (κ1) is 15.9. The fraction of sp³-hybridized carbons (Fsp3) is 1.00. The van der Waals surface area contributed by atoms with Gasteiger partial charge in [-0.3, -0.25) is 0 Å². The van der Waals surface area contributed by atoms with E-state index >= 15 is 0 Å². The van der Waals surface area contributed by atoms with E-state index in [2.05, 4.69) is 26.1 Å². The number of hydrogen-bond donors (Lipinski definition) is 1. The van der Waals surface area contributed by atoms with E-state index in [4.69, 9.17) is 4.74 Å². The summed E-state index contributed by atoms with van der Waals surface area (Å²) in [6, 6.07) is 0.614. The molecule has 2 unspecified atom stereocenters. The van der Waals surface area contributed by atoms with E-state index in [0.29, 0.717) is 12.1 Å². The largest absolute Gasteiger partial charge is 0.379 e. The summed E-state index contributed by atoms with van der Waals surface area (Å²) in [6.07, 6.45) is 9.41. The average molecular weight is 229 g/mol. The first-order valence-electron chi connectivity index (χ1n) is 6.99. The zero-order chi connectivity index (χ0) is 12.2. The molecule has 0 aromatic rings. The third-order valence-electron chi connectivity index (χ3n) is 3.14. The molecule has 0 aliphatic heterocycles. The minimum atomic E-state index is 0.446. The van der Waals surface area contributed by atoms with Gasteiger partial charge in [0.25, 0.3) is 0 Å². The molecule has 0 rings (SSSR count). The van der Waals surface area contributed by atoms with E-state index in [1.54, 1.807) is 0 Å². The van der Waals surface area contributed by atoms with Crippen LogP contribution in [0.3, 0.4) is 0 Å². The van der Waals surface area contributed by atoms with Gasteiger partial charge in [-0.1, -0.05) is 32.6 Å². The van der Waals surface area contributed by atoms with Crippen molar-refractivity contribution in [3.63, 3.8) is 0 Å². The van der Waals surface area contributed by atoms with Gasteiger partial charge in [0.1, 0.15) is 0 Å². The molecule has 0 saturated carbocycles. The summed E-state index contributed by atoms with van der Waals surface area (Å²) in [7, 11) is 2.02. The standard InChI is InChI=1S/C14H31NO/c1-5-6-7-8-11-14(3)16-12-9-10-13(2)15-4/h13-15H,5-12H2,1-4H3. The zero-order valence-electron chi connectivity index (χ0n) is 11.7. The van der Waals surface area contributed by atoms with E-state index < -0.39 is 0 Å². The summed E-state index contributed by atoms with van der Waals surface area (Å²) in [5.74, 6) is 0. The summed E-state index contributed by atoms with van der Waals surface area (Å²) >= 11 is 0. The highest BCUT2D eigenvalue weighted by Gasteiger charge is 2.02. The van der Waals surface area contributed by atoms with Crippen molar-refractivity contribution in [2.45, 2.75) is 77.9 Å². The highest BCUT2D eigenvalue weighted by Crippen LogP contribution is 2.08. The van der Waals surface area contributed by atoms with Crippen LogP contribution >= 0.6 is 0 Å². The van der Waals surface area contributed by atoms with Crippen molar-refractivity contribution in [3.05, 3.63) is 0 Å². The van der Waals surface area contributed by atoms with Gasteiger partial charge in [0.2, 0.25) is 0 Å². The summed E-state index contributed by atoms with van der Waals surface area (Å²) < 4.78 is 5.79. The van der Waals surface area contributed by atoms with Gasteiger partial charge in [-0.05, 0) is 40.2 Å². The van der Waals surface area contributed by atoms with Gasteiger partial charge in [-0.15, -0.1) is 0 Å². The van der Waals surface area contributed by atoms with E-state index in [0.717, 1.165) is 6.61 Å². The topological polar surface area (TPSA) is 21.3 Å². The molecule has 0 fully saturated rings. The third-order valence-corrected chi connectivity index (χ3v) is 3.14. The summed E-state index contributed by atoms with van der Waals surface area (Å²) in [6.45, 7) is 7.59. The van der Waals surface area contributed by atoms with Crippen LogP contribution in [0.4, 0.5) is 0 Å². The summed E-state index contributed by atoms with van der Waals surface area (Å²) in [4.78, 5) is 0. The van der Waals surface area contributed by atoms with Crippen molar-refractivity contribution < 1.29 is 4.74 Å². The Kier molecular flexibility index (Phi) is 11.3. The molecule has 0 heterocycles. The molecule has 2 atom stereocenters. The molecule has 2 nitrogen and oxygen atoms in total. The number of unbranched alkanes of at least 4 members (excludes halogenated alkanes) is 3. The lowest BCUT2D eigenvalue weighted by molar-refractivity contribution is 0.0550. The SMILES string of the molecule is CCCCCCC(C)OCCCC(C)NC. The Balaban J connectivity index is 3.20. The second kappa shape index (κ2) is 11.4. The van der Waals surface area contributed by atoms with Crippen LogP contribution in [0.15, 0.2) is 0 Å². The van der Waals surface area contributed by atoms with Crippen LogP contribution in [-0.2, 0) is 4.74 Å². The molecule has 1 N–H and O–H groups in total. The molecule has 0 bridgehead atoms. The molecule has 0 aliphatic rings. The molecule has 0 saturated heterocycles. The Morgan fingerprint density at radius 2 is 1.75 bits per heavy atom. The Labute approximate surface area is 102 Å². The predicted molar refractivity (Wildman–Crippen MR) is 71.9 cm³/mol. The van der Waals surface area contributed by atoms with E-state index in [1.165, 1.54) is 44.9 Å². The quantitative estimate of drug-likeness (QED) is 0.545. The Morgan fingerprint density at radius 1 is 1.00 bits per heavy atom. The molecule has 0 radical (unpaired) electrons. The van der Waals surface area contributed by atoms with Gasteiger partial charge in [0.15, 0.2) is 0 Å². The number of nitrogens with one attached hydrogen (secondary N) is 1. The molecule has 16 heavy (non-hydrogen) atoms. The van der Waals surface area contributed by atoms with Crippen molar-refractivity contribution in [2.75, 3.05) is 13.7 Å². The lowest BCUT2D eigenvalue weighted by atomic mass is 10.1. The lowest BCUT2D eigenvalue weighted by Crippen LogP contribution is -2.21. The van der Waals surface area contributed by atoms with E-state index in [-0.39, 0.29) is 0 Å². The second-order valence-corrected chi connectivity index (χ2v) is 4.86. The van der Waals surface area contributed by atoms with Crippen molar-refractivity contribution in [1.29, 1.82) is 0 Å². The number of rotatable bonds is 11. The monoisotopic (exact) mass is 229 g/mol. The van der Waals surface area contributed by atoms with Crippen LogP contribution in [0.1, 0.15) is 65.7 Å². The van der Waals surface area contributed by atoms with Crippen LogP contribution in [-0.4, -0.2) is 25.8 Å². The van der Waals surface area contributed by atoms with E-state index in [1.807, 2.05) is 7.05 Å². The molecular formula is C14H31NO. The van der Waals surface area contributed by atoms with Crippen molar-refractivity contribution in [1.82, 2.24) is 5.32 Å². The Hall–Kier alpha value is -0.0800. The van der Waals surface area contributed by atoms with E-state index in [9.17, 15) is 0 Å². The van der Waals surface area contributed by atoms with Crippen LogP contribution in [0.2, 0.25) is 0 Å².